The fourth-order valence-corrected chi connectivity index (χ4v) is 5.08. The molecule has 0 aliphatic rings. The number of thiazole rings is 2. The summed E-state index contributed by atoms with van der Waals surface area (Å²) in [6.07, 6.45) is 0. The molecule has 0 unspecified atom stereocenters. The molecule has 0 saturated carbocycles. The van der Waals surface area contributed by atoms with E-state index in [-0.39, 0.29) is 5.69 Å². The van der Waals surface area contributed by atoms with E-state index in [0.29, 0.717) is 11.4 Å². The van der Waals surface area contributed by atoms with Gasteiger partial charge in [-0.2, -0.15) is 0 Å². The largest absolute Gasteiger partial charge is 0.399 e. The monoisotopic (exact) mass is 419 g/mol. The van der Waals surface area contributed by atoms with Crippen molar-refractivity contribution in [3.63, 3.8) is 0 Å². The first kappa shape index (κ1) is 17.5. The van der Waals surface area contributed by atoms with Gasteiger partial charge in [-0.3, -0.25) is 10.1 Å². The highest BCUT2D eigenvalue weighted by Gasteiger charge is 2.13. The number of nitrogen functional groups attached to an aromatic ring is 2. The molecule has 2 aromatic heterocycles. The summed E-state index contributed by atoms with van der Waals surface area (Å²) < 4.78 is 2.03. The SMILES string of the molecule is Nc1cc(N)cc(-c2nc3cc4sc(-c5ccc([N+](=O)[O-])cc5)nc4cc3s2)c1. The maximum absolute atomic E-state index is 10.8. The molecule has 142 valence electrons. The molecule has 0 amide bonds. The van der Waals surface area contributed by atoms with Crippen LogP contribution in [0.15, 0.2) is 54.6 Å². The predicted molar refractivity (Wildman–Crippen MR) is 119 cm³/mol. The van der Waals surface area contributed by atoms with Crippen LogP contribution in [0.5, 0.6) is 0 Å². The van der Waals surface area contributed by atoms with Crippen LogP contribution in [-0.4, -0.2) is 14.9 Å². The highest BCUT2D eigenvalue weighted by Crippen LogP contribution is 2.37. The van der Waals surface area contributed by atoms with Gasteiger partial charge in [-0.1, -0.05) is 0 Å². The molecular formula is C20H13N5O2S2. The van der Waals surface area contributed by atoms with Crippen LogP contribution in [0.3, 0.4) is 0 Å². The minimum Gasteiger partial charge on any atom is -0.399 e. The molecule has 29 heavy (non-hydrogen) atoms. The van der Waals surface area contributed by atoms with Crippen molar-refractivity contribution in [1.29, 1.82) is 0 Å². The number of non-ortho nitro benzene ring substituents is 1. The van der Waals surface area contributed by atoms with Crippen LogP contribution < -0.4 is 11.5 Å². The van der Waals surface area contributed by atoms with Crippen molar-refractivity contribution in [3.05, 3.63) is 64.7 Å². The van der Waals surface area contributed by atoms with Crippen molar-refractivity contribution in [2.75, 3.05) is 11.5 Å². The van der Waals surface area contributed by atoms with Crippen LogP contribution >= 0.6 is 22.7 Å². The van der Waals surface area contributed by atoms with Gasteiger partial charge >= 0.3 is 0 Å². The molecule has 0 saturated heterocycles. The average Bonchev–Trinajstić information content (AvgIpc) is 3.28. The van der Waals surface area contributed by atoms with Gasteiger partial charge in [0.05, 0.1) is 25.4 Å². The highest BCUT2D eigenvalue weighted by atomic mass is 32.1. The Bertz CT molecular complexity index is 1330. The number of aromatic nitrogens is 2. The first-order valence-electron chi connectivity index (χ1n) is 8.59. The Morgan fingerprint density at radius 3 is 1.79 bits per heavy atom. The third kappa shape index (κ3) is 3.16. The maximum Gasteiger partial charge on any atom is 0.269 e. The molecule has 3 aromatic carbocycles. The number of nitro benzene ring substituents is 1. The van der Waals surface area contributed by atoms with Crippen LogP contribution in [0.1, 0.15) is 0 Å². The van der Waals surface area contributed by atoms with Crippen LogP contribution in [0.4, 0.5) is 17.1 Å². The summed E-state index contributed by atoms with van der Waals surface area (Å²) in [6.45, 7) is 0. The lowest BCUT2D eigenvalue weighted by Crippen LogP contribution is -1.90. The molecule has 2 heterocycles. The minimum absolute atomic E-state index is 0.0642. The molecule has 0 spiro atoms. The number of fused-ring (bicyclic) bond motifs is 2. The fraction of sp³-hybridized carbons (Fsp3) is 0. The topological polar surface area (TPSA) is 121 Å². The van der Waals surface area contributed by atoms with Gasteiger partial charge < -0.3 is 11.5 Å². The molecule has 0 aliphatic heterocycles. The maximum atomic E-state index is 10.8. The number of nitrogens with two attached hydrogens (primary N) is 2. The minimum atomic E-state index is -0.409. The van der Waals surface area contributed by atoms with Gasteiger partial charge in [0.15, 0.2) is 0 Å². The van der Waals surface area contributed by atoms with E-state index in [1.54, 1.807) is 29.5 Å². The zero-order chi connectivity index (χ0) is 20.1. The van der Waals surface area contributed by atoms with Crippen LogP contribution in [-0.2, 0) is 0 Å². The van der Waals surface area contributed by atoms with Gasteiger partial charge in [-0.15, -0.1) is 22.7 Å². The van der Waals surface area contributed by atoms with E-state index in [0.717, 1.165) is 41.6 Å². The lowest BCUT2D eigenvalue weighted by molar-refractivity contribution is -0.384. The molecule has 0 atom stereocenters. The van der Waals surface area contributed by atoms with Gasteiger partial charge in [0, 0.05) is 34.6 Å². The summed E-state index contributed by atoms with van der Waals surface area (Å²) >= 11 is 3.09. The molecule has 7 nitrogen and oxygen atoms in total. The lowest BCUT2D eigenvalue weighted by atomic mass is 10.2. The van der Waals surface area contributed by atoms with E-state index in [1.807, 2.05) is 24.3 Å². The Morgan fingerprint density at radius 2 is 1.28 bits per heavy atom. The number of nitro groups is 1. The standard InChI is InChI=1S/C20H13N5O2S2/c21-12-5-11(6-13(22)7-12)20-24-16-9-17-15(8-18(16)29-20)23-19(28-17)10-1-3-14(4-2-10)25(26)27/h1-9H,21-22H2. The quantitative estimate of drug-likeness (QED) is 0.232. The number of rotatable bonds is 3. The summed E-state index contributed by atoms with van der Waals surface area (Å²) in [7, 11) is 0. The molecule has 0 aliphatic carbocycles. The molecular weight excluding hydrogens is 406 g/mol. The molecule has 0 radical (unpaired) electrons. The Morgan fingerprint density at radius 1 is 0.759 bits per heavy atom. The van der Waals surface area contributed by atoms with Crippen LogP contribution in [0, 0.1) is 10.1 Å². The van der Waals surface area contributed by atoms with E-state index >= 15 is 0 Å². The highest BCUT2D eigenvalue weighted by molar-refractivity contribution is 7.23. The number of benzene rings is 3. The van der Waals surface area contributed by atoms with Gasteiger partial charge in [0.2, 0.25) is 0 Å². The second-order valence-corrected chi connectivity index (χ2v) is 8.58. The van der Waals surface area contributed by atoms with Gasteiger partial charge in [-0.25, -0.2) is 9.97 Å². The van der Waals surface area contributed by atoms with E-state index < -0.39 is 4.92 Å². The van der Waals surface area contributed by atoms with Gasteiger partial charge in [0.25, 0.3) is 5.69 Å². The normalized spacial score (nSPS) is 11.3. The summed E-state index contributed by atoms with van der Waals surface area (Å²) in [5.41, 5.74) is 16.6. The van der Waals surface area contributed by atoms with Crippen molar-refractivity contribution in [1.82, 2.24) is 9.97 Å². The van der Waals surface area contributed by atoms with Gasteiger partial charge in [-0.05, 0) is 42.5 Å². The Balaban J connectivity index is 1.56. The second kappa shape index (κ2) is 6.50. The molecule has 5 rings (SSSR count). The molecule has 4 N–H and O–H groups in total. The molecule has 0 bridgehead atoms. The molecule has 5 aromatic rings. The van der Waals surface area contributed by atoms with Crippen LogP contribution in [0.25, 0.3) is 41.6 Å². The number of hydrogen-bond acceptors (Lipinski definition) is 8. The zero-order valence-electron chi connectivity index (χ0n) is 14.8. The zero-order valence-corrected chi connectivity index (χ0v) is 16.5. The van der Waals surface area contributed by atoms with E-state index in [2.05, 4.69) is 0 Å². The second-order valence-electron chi connectivity index (χ2n) is 6.52. The first-order chi connectivity index (χ1) is 14.0. The van der Waals surface area contributed by atoms with E-state index in [9.17, 15) is 10.1 Å². The van der Waals surface area contributed by atoms with Crippen molar-refractivity contribution in [2.24, 2.45) is 0 Å². The fourth-order valence-electron chi connectivity index (χ4n) is 3.12. The third-order valence-electron chi connectivity index (χ3n) is 4.45. The third-order valence-corrected chi connectivity index (χ3v) is 6.58. The molecule has 0 fully saturated rings. The lowest BCUT2D eigenvalue weighted by Gasteiger charge is -2.00. The van der Waals surface area contributed by atoms with Crippen molar-refractivity contribution >= 4 is 60.2 Å². The first-order valence-corrected chi connectivity index (χ1v) is 10.2. The van der Waals surface area contributed by atoms with Gasteiger partial charge in [0.1, 0.15) is 10.0 Å². The Labute approximate surface area is 172 Å². The Hall–Kier alpha value is -3.56. The smallest absolute Gasteiger partial charge is 0.269 e. The van der Waals surface area contributed by atoms with E-state index in [4.69, 9.17) is 21.4 Å². The molecule has 9 heteroatoms. The van der Waals surface area contributed by atoms with Crippen molar-refractivity contribution in [3.8, 4) is 21.1 Å². The number of nitrogens with zero attached hydrogens (tertiary/aromatic N) is 3. The van der Waals surface area contributed by atoms with Crippen molar-refractivity contribution < 1.29 is 4.92 Å². The predicted octanol–water partition coefficient (Wildman–Crippen LogP) is 5.31. The Kier molecular flexibility index (Phi) is 3.93. The van der Waals surface area contributed by atoms with Crippen LogP contribution in [0.2, 0.25) is 0 Å². The number of anilines is 2. The number of hydrogen-bond donors (Lipinski definition) is 2. The summed E-state index contributed by atoms with van der Waals surface area (Å²) in [4.78, 5) is 19.9. The summed E-state index contributed by atoms with van der Waals surface area (Å²) in [6, 6.07) is 15.9. The average molecular weight is 419 g/mol. The van der Waals surface area contributed by atoms with Crippen molar-refractivity contribution in [2.45, 2.75) is 0 Å². The van der Waals surface area contributed by atoms with E-state index in [1.165, 1.54) is 23.5 Å². The summed E-state index contributed by atoms with van der Waals surface area (Å²) in [5.74, 6) is 0. The summed E-state index contributed by atoms with van der Waals surface area (Å²) in [5, 5.41) is 12.5.